The number of rotatable bonds is 2. The topological polar surface area (TPSA) is 60.7 Å². The standard InChI is InChI=1S/C11H22O3/c1-7(2)9-4-8(6-12)11(3,14)5-10(9)13/h7-10,12-14H,4-6H2,1-3H3. The van der Waals surface area contributed by atoms with E-state index in [0.717, 1.165) is 0 Å². The second kappa shape index (κ2) is 4.17. The smallest absolute Gasteiger partial charge is 0.0694 e. The zero-order valence-corrected chi connectivity index (χ0v) is 9.27. The molecule has 1 aliphatic rings. The van der Waals surface area contributed by atoms with Gasteiger partial charge in [0, 0.05) is 18.9 Å². The molecule has 0 amide bonds. The summed E-state index contributed by atoms with van der Waals surface area (Å²) < 4.78 is 0. The Hall–Kier alpha value is -0.120. The number of hydrogen-bond acceptors (Lipinski definition) is 3. The molecule has 0 aromatic rings. The average molecular weight is 202 g/mol. The van der Waals surface area contributed by atoms with Gasteiger partial charge in [-0.3, -0.25) is 0 Å². The van der Waals surface area contributed by atoms with Gasteiger partial charge in [0.1, 0.15) is 0 Å². The lowest BCUT2D eigenvalue weighted by molar-refractivity contribution is -0.119. The lowest BCUT2D eigenvalue weighted by atomic mass is 9.67. The van der Waals surface area contributed by atoms with E-state index in [9.17, 15) is 15.3 Å². The third-order valence-corrected chi connectivity index (χ3v) is 3.63. The molecule has 0 saturated heterocycles. The summed E-state index contributed by atoms with van der Waals surface area (Å²) in [6.45, 7) is 5.85. The van der Waals surface area contributed by atoms with Crippen molar-refractivity contribution in [1.29, 1.82) is 0 Å². The molecule has 3 N–H and O–H groups in total. The van der Waals surface area contributed by atoms with Gasteiger partial charge < -0.3 is 15.3 Å². The predicted octanol–water partition coefficient (Wildman–Crippen LogP) is 0.773. The van der Waals surface area contributed by atoms with E-state index in [1.165, 1.54) is 0 Å². The first-order valence-corrected chi connectivity index (χ1v) is 5.39. The Morgan fingerprint density at radius 2 is 2.00 bits per heavy atom. The molecule has 0 bridgehead atoms. The van der Waals surface area contributed by atoms with Crippen molar-refractivity contribution in [3.05, 3.63) is 0 Å². The lowest BCUT2D eigenvalue weighted by Crippen LogP contribution is -2.49. The van der Waals surface area contributed by atoms with Gasteiger partial charge in [0.05, 0.1) is 11.7 Å². The minimum Gasteiger partial charge on any atom is -0.396 e. The van der Waals surface area contributed by atoms with Crippen molar-refractivity contribution in [3.63, 3.8) is 0 Å². The molecule has 0 aromatic heterocycles. The highest BCUT2D eigenvalue weighted by Gasteiger charge is 2.43. The molecule has 3 heteroatoms. The van der Waals surface area contributed by atoms with Crippen LogP contribution in [-0.4, -0.2) is 33.6 Å². The van der Waals surface area contributed by atoms with E-state index >= 15 is 0 Å². The molecule has 3 nitrogen and oxygen atoms in total. The molecule has 0 aliphatic heterocycles. The van der Waals surface area contributed by atoms with Gasteiger partial charge in [-0.2, -0.15) is 0 Å². The fraction of sp³-hybridized carbons (Fsp3) is 1.00. The Kier molecular flexibility index (Phi) is 3.56. The highest BCUT2D eigenvalue weighted by atomic mass is 16.3. The van der Waals surface area contributed by atoms with Crippen LogP contribution in [0.4, 0.5) is 0 Å². The minimum atomic E-state index is -0.917. The third-order valence-electron chi connectivity index (χ3n) is 3.63. The number of hydrogen-bond donors (Lipinski definition) is 3. The zero-order valence-electron chi connectivity index (χ0n) is 9.27. The van der Waals surface area contributed by atoms with Crippen LogP contribution in [0.2, 0.25) is 0 Å². The Morgan fingerprint density at radius 1 is 1.43 bits per heavy atom. The fourth-order valence-corrected chi connectivity index (χ4v) is 2.47. The van der Waals surface area contributed by atoms with Crippen molar-refractivity contribution in [2.24, 2.45) is 17.8 Å². The Bertz CT molecular complexity index is 189. The normalized spacial score (nSPS) is 44.4. The molecule has 1 saturated carbocycles. The van der Waals surface area contributed by atoms with E-state index in [-0.39, 0.29) is 18.4 Å². The maximum Gasteiger partial charge on any atom is 0.0694 e. The largest absolute Gasteiger partial charge is 0.396 e. The fourth-order valence-electron chi connectivity index (χ4n) is 2.47. The lowest BCUT2D eigenvalue weighted by Gasteiger charge is -2.44. The predicted molar refractivity (Wildman–Crippen MR) is 54.8 cm³/mol. The van der Waals surface area contributed by atoms with Crippen molar-refractivity contribution < 1.29 is 15.3 Å². The summed E-state index contributed by atoms with van der Waals surface area (Å²) in [7, 11) is 0. The van der Waals surface area contributed by atoms with Gasteiger partial charge in [0.25, 0.3) is 0 Å². The molecule has 4 atom stereocenters. The maximum atomic E-state index is 9.98. The number of aliphatic hydroxyl groups excluding tert-OH is 2. The first kappa shape index (κ1) is 12.0. The van der Waals surface area contributed by atoms with E-state index in [1.807, 2.05) is 0 Å². The SMILES string of the molecule is CC(C)C1CC(CO)C(C)(O)CC1O. The summed E-state index contributed by atoms with van der Waals surface area (Å²) in [4.78, 5) is 0. The summed E-state index contributed by atoms with van der Waals surface area (Å²) in [5.41, 5.74) is -0.917. The van der Waals surface area contributed by atoms with E-state index < -0.39 is 11.7 Å². The third kappa shape index (κ3) is 2.27. The zero-order chi connectivity index (χ0) is 10.9. The van der Waals surface area contributed by atoms with Crippen LogP contribution in [-0.2, 0) is 0 Å². The second-order valence-electron chi connectivity index (χ2n) is 5.15. The van der Waals surface area contributed by atoms with Gasteiger partial charge >= 0.3 is 0 Å². The van der Waals surface area contributed by atoms with Gasteiger partial charge in [-0.05, 0) is 25.2 Å². The van der Waals surface area contributed by atoms with Crippen molar-refractivity contribution in [2.75, 3.05) is 6.61 Å². The van der Waals surface area contributed by atoms with Crippen molar-refractivity contribution in [3.8, 4) is 0 Å². The Morgan fingerprint density at radius 3 is 2.43 bits per heavy atom. The van der Waals surface area contributed by atoms with Crippen LogP contribution < -0.4 is 0 Å². The van der Waals surface area contributed by atoms with Gasteiger partial charge in [0.15, 0.2) is 0 Å². The van der Waals surface area contributed by atoms with E-state index in [0.29, 0.717) is 18.8 Å². The highest BCUT2D eigenvalue weighted by molar-refractivity contribution is 4.94. The summed E-state index contributed by atoms with van der Waals surface area (Å²) >= 11 is 0. The van der Waals surface area contributed by atoms with E-state index in [2.05, 4.69) is 13.8 Å². The van der Waals surface area contributed by atoms with Gasteiger partial charge in [-0.25, -0.2) is 0 Å². The van der Waals surface area contributed by atoms with Gasteiger partial charge in [-0.15, -0.1) is 0 Å². The molecule has 0 heterocycles. The molecule has 84 valence electrons. The molecule has 14 heavy (non-hydrogen) atoms. The summed E-state index contributed by atoms with van der Waals surface area (Å²) in [6, 6.07) is 0. The van der Waals surface area contributed by atoms with Crippen molar-refractivity contribution in [2.45, 2.75) is 45.3 Å². The molecule has 4 unspecified atom stereocenters. The molecule has 1 rings (SSSR count). The van der Waals surface area contributed by atoms with Gasteiger partial charge in [-0.1, -0.05) is 13.8 Å². The van der Waals surface area contributed by atoms with Gasteiger partial charge in [0.2, 0.25) is 0 Å². The maximum absolute atomic E-state index is 9.98. The Labute approximate surface area is 85.8 Å². The van der Waals surface area contributed by atoms with Crippen molar-refractivity contribution >= 4 is 0 Å². The van der Waals surface area contributed by atoms with Crippen LogP contribution in [0, 0.1) is 17.8 Å². The van der Waals surface area contributed by atoms with Crippen LogP contribution in [0.5, 0.6) is 0 Å². The molecule has 1 aliphatic carbocycles. The Balaban J connectivity index is 2.72. The average Bonchev–Trinajstić information content (AvgIpc) is 2.01. The first-order chi connectivity index (χ1) is 6.38. The first-order valence-electron chi connectivity index (χ1n) is 5.39. The van der Waals surface area contributed by atoms with Crippen LogP contribution in [0.25, 0.3) is 0 Å². The quantitative estimate of drug-likeness (QED) is 0.620. The van der Waals surface area contributed by atoms with Crippen LogP contribution in [0.1, 0.15) is 33.6 Å². The highest BCUT2D eigenvalue weighted by Crippen LogP contribution is 2.39. The molecule has 0 aromatic carbocycles. The summed E-state index contributed by atoms with van der Waals surface area (Å²) in [5.74, 6) is 0.501. The number of aliphatic hydroxyl groups is 3. The second-order valence-corrected chi connectivity index (χ2v) is 5.15. The van der Waals surface area contributed by atoms with Crippen molar-refractivity contribution in [1.82, 2.24) is 0 Å². The van der Waals surface area contributed by atoms with E-state index in [4.69, 9.17) is 0 Å². The minimum absolute atomic E-state index is 0.00292. The van der Waals surface area contributed by atoms with Crippen LogP contribution in [0.3, 0.4) is 0 Å². The summed E-state index contributed by atoms with van der Waals surface area (Å²) in [5, 5.41) is 29.0. The monoisotopic (exact) mass is 202 g/mol. The van der Waals surface area contributed by atoms with E-state index in [1.54, 1.807) is 6.92 Å². The molecular weight excluding hydrogens is 180 g/mol. The molecule has 1 fully saturated rings. The summed E-state index contributed by atoms with van der Waals surface area (Å²) in [6.07, 6.45) is 0.649. The molecular formula is C11H22O3. The molecule has 0 spiro atoms. The van der Waals surface area contributed by atoms with Crippen LogP contribution in [0.15, 0.2) is 0 Å². The van der Waals surface area contributed by atoms with Crippen LogP contribution >= 0.6 is 0 Å². The molecule has 0 radical (unpaired) electrons.